The van der Waals surface area contributed by atoms with Gasteiger partial charge in [-0.05, 0) is 36.6 Å². The van der Waals surface area contributed by atoms with Gasteiger partial charge in [-0.15, -0.1) is 0 Å². The highest BCUT2D eigenvalue weighted by atomic mass is 14.9. The van der Waals surface area contributed by atoms with E-state index in [1.54, 1.807) is 0 Å². The molecule has 0 bridgehead atoms. The topological polar surface area (TPSA) is 38.0 Å². The van der Waals surface area contributed by atoms with E-state index >= 15 is 0 Å². The van der Waals surface area contributed by atoms with E-state index < -0.39 is 0 Å². The van der Waals surface area contributed by atoms with Crippen LogP contribution in [0.3, 0.4) is 0 Å². The second kappa shape index (κ2) is 6.54. The second-order valence-corrected chi connectivity index (χ2v) is 4.50. The number of nitrogens with two attached hydrogens (primary N) is 1. The van der Waals surface area contributed by atoms with Gasteiger partial charge in [-0.2, -0.15) is 0 Å². The highest BCUT2D eigenvalue weighted by Gasteiger charge is 2.02. The fourth-order valence-electron chi connectivity index (χ4n) is 1.85. The highest BCUT2D eigenvalue weighted by molar-refractivity contribution is 5.47. The molecule has 0 spiro atoms. The predicted molar refractivity (Wildman–Crippen MR) is 71.4 cm³/mol. The number of benzene rings is 1. The van der Waals surface area contributed by atoms with Crippen LogP contribution in [-0.4, -0.2) is 6.54 Å². The molecule has 3 N–H and O–H groups in total. The fraction of sp³-hybridized carbons (Fsp3) is 0.571. The lowest BCUT2D eigenvalue weighted by Crippen LogP contribution is -2.21. The van der Waals surface area contributed by atoms with Crippen LogP contribution in [0.1, 0.15) is 37.8 Å². The minimum absolute atomic E-state index is 0.801. The van der Waals surface area contributed by atoms with E-state index in [-0.39, 0.29) is 0 Å². The van der Waals surface area contributed by atoms with Crippen LogP contribution >= 0.6 is 0 Å². The van der Waals surface area contributed by atoms with Crippen molar-refractivity contribution in [1.29, 1.82) is 0 Å². The van der Waals surface area contributed by atoms with Gasteiger partial charge in [-0.1, -0.05) is 38.8 Å². The minimum atomic E-state index is 0.801. The maximum atomic E-state index is 5.79. The molecule has 2 heteroatoms. The summed E-state index contributed by atoms with van der Waals surface area (Å²) in [4.78, 5) is 0. The first-order valence-electron chi connectivity index (χ1n) is 6.23. The summed E-state index contributed by atoms with van der Waals surface area (Å²) in [5.74, 6) is 0.801. The lowest BCUT2D eigenvalue weighted by atomic mass is 10.0. The highest BCUT2D eigenvalue weighted by Crippen LogP contribution is 2.12. The maximum Gasteiger partial charge on any atom is 0.0343 e. The van der Waals surface area contributed by atoms with Crippen molar-refractivity contribution in [3.8, 4) is 0 Å². The van der Waals surface area contributed by atoms with Gasteiger partial charge in [0.1, 0.15) is 0 Å². The SMILES string of the molecule is CCC(CC)CNCc1ccc(N)c(C)c1. The summed E-state index contributed by atoms with van der Waals surface area (Å²) in [7, 11) is 0. The fourth-order valence-corrected chi connectivity index (χ4v) is 1.85. The second-order valence-electron chi connectivity index (χ2n) is 4.50. The Bertz CT molecular complexity index is 317. The van der Waals surface area contributed by atoms with Crippen LogP contribution in [-0.2, 0) is 6.54 Å². The summed E-state index contributed by atoms with van der Waals surface area (Å²) in [5, 5.41) is 3.51. The van der Waals surface area contributed by atoms with Crippen molar-refractivity contribution in [3.63, 3.8) is 0 Å². The Hall–Kier alpha value is -1.02. The number of nitrogen functional groups attached to an aromatic ring is 1. The van der Waals surface area contributed by atoms with Gasteiger partial charge in [-0.3, -0.25) is 0 Å². The summed E-state index contributed by atoms with van der Waals surface area (Å²) in [5.41, 5.74) is 9.15. The van der Waals surface area contributed by atoms with E-state index in [2.05, 4.69) is 38.2 Å². The summed E-state index contributed by atoms with van der Waals surface area (Å²) in [6, 6.07) is 6.25. The number of aryl methyl sites for hydroxylation is 1. The zero-order valence-corrected chi connectivity index (χ0v) is 10.7. The zero-order valence-electron chi connectivity index (χ0n) is 10.7. The minimum Gasteiger partial charge on any atom is -0.399 e. The Morgan fingerprint density at radius 1 is 1.25 bits per heavy atom. The molecule has 90 valence electrons. The van der Waals surface area contributed by atoms with Crippen LogP contribution in [0.2, 0.25) is 0 Å². The number of hydrogen-bond acceptors (Lipinski definition) is 2. The van der Waals surface area contributed by atoms with Crippen molar-refractivity contribution >= 4 is 5.69 Å². The molecule has 2 nitrogen and oxygen atoms in total. The van der Waals surface area contributed by atoms with Crippen LogP contribution in [0.5, 0.6) is 0 Å². The first-order valence-corrected chi connectivity index (χ1v) is 6.23. The molecule has 0 aliphatic rings. The number of nitrogens with one attached hydrogen (secondary N) is 1. The molecule has 0 atom stereocenters. The average molecular weight is 220 g/mol. The zero-order chi connectivity index (χ0) is 12.0. The molecule has 0 unspecified atom stereocenters. The maximum absolute atomic E-state index is 5.79. The Balaban J connectivity index is 2.40. The lowest BCUT2D eigenvalue weighted by molar-refractivity contribution is 0.449. The molecular weight excluding hydrogens is 196 g/mol. The summed E-state index contributed by atoms with van der Waals surface area (Å²) >= 11 is 0. The smallest absolute Gasteiger partial charge is 0.0343 e. The first kappa shape index (κ1) is 13.0. The molecule has 0 saturated carbocycles. The molecule has 0 aliphatic carbocycles. The molecule has 1 rings (SSSR count). The van der Waals surface area contributed by atoms with Gasteiger partial charge in [0.15, 0.2) is 0 Å². The van der Waals surface area contributed by atoms with Crippen molar-refractivity contribution in [1.82, 2.24) is 5.32 Å². The van der Waals surface area contributed by atoms with Crippen molar-refractivity contribution in [2.24, 2.45) is 5.92 Å². The van der Waals surface area contributed by atoms with Crippen LogP contribution in [0.25, 0.3) is 0 Å². The third-order valence-corrected chi connectivity index (χ3v) is 3.25. The van der Waals surface area contributed by atoms with E-state index in [0.29, 0.717) is 0 Å². The van der Waals surface area contributed by atoms with Gasteiger partial charge in [0.25, 0.3) is 0 Å². The Labute approximate surface area is 99.2 Å². The number of anilines is 1. The Kier molecular flexibility index (Phi) is 5.33. The monoisotopic (exact) mass is 220 g/mol. The van der Waals surface area contributed by atoms with Crippen molar-refractivity contribution < 1.29 is 0 Å². The first-order chi connectivity index (χ1) is 7.67. The summed E-state index contributed by atoms with van der Waals surface area (Å²) < 4.78 is 0. The molecule has 0 aromatic heterocycles. The molecule has 0 aliphatic heterocycles. The van der Waals surface area contributed by atoms with Gasteiger partial charge in [0.05, 0.1) is 0 Å². The standard InChI is InChI=1S/C14H24N2/c1-4-12(5-2)9-16-10-13-6-7-14(15)11(3)8-13/h6-8,12,16H,4-5,9-10,15H2,1-3H3. The van der Waals surface area contributed by atoms with Crippen molar-refractivity contribution in [2.75, 3.05) is 12.3 Å². The molecule has 0 radical (unpaired) electrons. The van der Waals surface area contributed by atoms with Gasteiger partial charge < -0.3 is 11.1 Å². The van der Waals surface area contributed by atoms with Crippen LogP contribution in [0.15, 0.2) is 18.2 Å². The number of hydrogen-bond donors (Lipinski definition) is 2. The molecule has 0 saturated heterocycles. The van der Waals surface area contributed by atoms with Gasteiger partial charge in [-0.25, -0.2) is 0 Å². The predicted octanol–water partition coefficient (Wildman–Crippen LogP) is 3.10. The van der Waals surface area contributed by atoms with E-state index in [4.69, 9.17) is 5.73 Å². The molecule has 1 aromatic rings. The van der Waals surface area contributed by atoms with Crippen molar-refractivity contribution in [2.45, 2.75) is 40.2 Å². The van der Waals surface area contributed by atoms with Gasteiger partial charge in [0, 0.05) is 12.2 Å². The van der Waals surface area contributed by atoms with Gasteiger partial charge >= 0.3 is 0 Å². The third-order valence-electron chi connectivity index (χ3n) is 3.25. The van der Waals surface area contributed by atoms with E-state index in [9.17, 15) is 0 Å². The molecule has 0 heterocycles. The molecule has 16 heavy (non-hydrogen) atoms. The number of rotatable bonds is 6. The molecule has 0 fully saturated rings. The van der Waals surface area contributed by atoms with Crippen LogP contribution in [0.4, 0.5) is 5.69 Å². The molecule has 0 amide bonds. The average Bonchev–Trinajstić information content (AvgIpc) is 2.29. The summed E-state index contributed by atoms with van der Waals surface area (Å²) in [6.45, 7) is 8.61. The Morgan fingerprint density at radius 3 is 2.50 bits per heavy atom. The van der Waals surface area contributed by atoms with E-state index in [1.807, 2.05) is 6.07 Å². The Morgan fingerprint density at radius 2 is 1.94 bits per heavy atom. The third kappa shape index (κ3) is 3.86. The molecule has 1 aromatic carbocycles. The van der Waals surface area contributed by atoms with E-state index in [0.717, 1.165) is 24.7 Å². The van der Waals surface area contributed by atoms with Gasteiger partial charge in [0.2, 0.25) is 0 Å². The molecular formula is C14H24N2. The van der Waals surface area contributed by atoms with Crippen LogP contribution in [0, 0.1) is 12.8 Å². The normalized spacial score (nSPS) is 11.0. The summed E-state index contributed by atoms with van der Waals surface area (Å²) in [6.07, 6.45) is 2.51. The van der Waals surface area contributed by atoms with E-state index in [1.165, 1.54) is 24.0 Å². The lowest BCUT2D eigenvalue weighted by Gasteiger charge is -2.13. The quantitative estimate of drug-likeness (QED) is 0.723. The van der Waals surface area contributed by atoms with Crippen molar-refractivity contribution in [3.05, 3.63) is 29.3 Å². The largest absolute Gasteiger partial charge is 0.399 e. The van der Waals surface area contributed by atoms with Crippen LogP contribution < -0.4 is 11.1 Å².